The van der Waals surface area contributed by atoms with Crippen LogP contribution in [0.3, 0.4) is 0 Å². The van der Waals surface area contributed by atoms with E-state index in [1.54, 1.807) is 12.1 Å². The highest BCUT2D eigenvalue weighted by Gasteiger charge is 2.34. The van der Waals surface area contributed by atoms with Gasteiger partial charge in [0.15, 0.2) is 0 Å². The molecule has 4 nitrogen and oxygen atoms in total. The Kier molecular flexibility index (Phi) is 5.70. The second-order valence-electron chi connectivity index (χ2n) is 5.89. The SMILES string of the molecule is CC(Cc1ccc(Cl)cc1Cl)NC(=O)[C@@H]1CC[C@H](C(=O)O)C1. The Morgan fingerprint density at radius 2 is 2.00 bits per heavy atom. The van der Waals surface area contributed by atoms with Crippen LogP contribution in [0.25, 0.3) is 0 Å². The zero-order valence-electron chi connectivity index (χ0n) is 12.3. The van der Waals surface area contributed by atoms with Crippen LogP contribution >= 0.6 is 23.2 Å². The molecule has 0 bridgehead atoms. The number of carboxylic acids is 1. The molecule has 1 fully saturated rings. The molecule has 1 amide bonds. The van der Waals surface area contributed by atoms with Crippen LogP contribution in [0.4, 0.5) is 0 Å². The van der Waals surface area contributed by atoms with Crippen LogP contribution in [0.2, 0.25) is 10.0 Å². The molecule has 1 saturated carbocycles. The Morgan fingerprint density at radius 1 is 1.32 bits per heavy atom. The summed E-state index contributed by atoms with van der Waals surface area (Å²) in [4.78, 5) is 23.1. The van der Waals surface area contributed by atoms with Gasteiger partial charge in [-0.15, -0.1) is 0 Å². The normalized spacial score (nSPS) is 22.3. The number of rotatable bonds is 5. The van der Waals surface area contributed by atoms with Crippen LogP contribution in [-0.2, 0) is 16.0 Å². The highest BCUT2D eigenvalue weighted by Crippen LogP contribution is 2.31. The zero-order chi connectivity index (χ0) is 16.3. The van der Waals surface area contributed by atoms with E-state index in [0.29, 0.717) is 35.7 Å². The molecule has 1 aliphatic carbocycles. The van der Waals surface area contributed by atoms with E-state index in [-0.39, 0.29) is 17.9 Å². The summed E-state index contributed by atoms with van der Waals surface area (Å²) >= 11 is 12.0. The molecule has 1 unspecified atom stereocenters. The number of nitrogens with one attached hydrogen (secondary N) is 1. The van der Waals surface area contributed by atoms with E-state index in [1.807, 2.05) is 13.0 Å². The maximum absolute atomic E-state index is 12.2. The lowest BCUT2D eigenvalue weighted by Gasteiger charge is -2.18. The van der Waals surface area contributed by atoms with Gasteiger partial charge in [-0.2, -0.15) is 0 Å². The zero-order valence-corrected chi connectivity index (χ0v) is 13.8. The van der Waals surface area contributed by atoms with Crippen LogP contribution in [0.15, 0.2) is 18.2 Å². The largest absolute Gasteiger partial charge is 0.481 e. The predicted octanol–water partition coefficient (Wildman–Crippen LogP) is 3.54. The maximum Gasteiger partial charge on any atom is 0.306 e. The number of halogens is 2. The molecule has 0 spiro atoms. The number of carbonyl (C=O) groups is 2. The second kappa shape index (κ2) is 7.34. The Labute approximate surface area is 139 Å². The summed E-state index contributed by atoms with van der Waals surface area (Å²) in [5, 5.41) is 13.1. The molecule has 6 heteroatoms. The van der Waals surface area contributed by atoms with E-state index in [0.717, 1.165) is 5.56 Å². The topological polar surface area (TPSA) is 66.4 Å². The van der Waals surface area contributed by atoms with Crippen molar-refractivity contribution in [3.8, 4) is 0 Å². The molecule has 0 aromatic heterocycles. The number of carboxylic acid groups (broad SMARTS) is 1. The Hall–Kier alpha value is -1.26. The van der Waals surface area contributed by atoms with Crippen molar-refractivity contribution in [2.75, 3.05) is 0 Å². The lowest BCUT2D eigenvalue weighted by atomic mass is 10.0. The van der Waals surface area contributed by atoms with E-state index in [9.17, 15) is 9.59 Å². The van der Waals surface area contributed by atoms with Crippen molar-refractivity contribution in [2.24, 2.45) is 11.8 Å². The summed E-state index contributed by atoms with van der Waals surface area (Å²) in [6.07, 6.45) is 2.24. The minimum atomic E-state index is -0.809. The third-order valence-electron chi connectivity index (χ3n) is 4.08. The first-order valence-corrected chi connectivity index (χ1v) is 8.09. The summed E-state index contributed by atoms with van der Waals surface area (Å²) in [6.45, 7) is 1.91. The lowest BCUT2D eigenvalue weighted by molar-refractivity contribution is -0.141. The Bertz CT molecular complexity index is 577. The lowest BCUT2D eigenvalue weighted by Crippen LogP contribution is -2.38. The fourth-order valence-corrected chi connectivity index (χ4v) is 3.36. The molecule has 0 saturated heterocycles. The van der Waals surface area contributed by atoms with Crippen LogP contribution in [0, 0.1) is 11.8 Å². The number of amides is 1. The monoisotopic (exact) mass is 343 g/mol. The van der Waals surface area contributed by atoms with Gasteiger partial charge in [-0.3, -0.25) is 9.59 Å². The molecule has 1 aromatic rings. The van der Waals surface area contributed by atoms with Crippen molar-refractivity contribution in [2.45, 2.75) is 38.6 Å². The first-order chi connectivity index (χ1) is 10.4. The van der Waals surface area contributed by atoms with Crippen LogP contribution in [0.5, 0.6) is 0 Å². The van der Waals surface area contributed by atoms with E-state index in [1.165, 1.54) is 0 Å². The molecular formula is C16H19Cl2NO3. The summed E-state index contributed by atoms with van der Waals surface area (Å²) in [5.74, 6) is -1.47. The summed E-state index contributed by atoms with van der Waals surface area (Å²) in [5.41, 5.74) is 0.925. The van der Waals surface area contributed by atoms with Crippen molar-refractivity contribution < 1.29 is 14.7 Å². The third-order valence-corrected chi connectivity index (χ3v) is 4.67. The number of hydrogen-bond donors (Lipinski definition) is 2. The standard InChI is InChI=1S/C16H19Cl2NO3/c1-9(6-10-4-5-13(17)8-14(10)18)19-15(20)11-2-3-12(7-11)16(21)22/h4-5,8-9,11-12H,2-3,6-7H2,1H3,(H,19,20)(H,21,22)/t9?,11-,12+/m1/s1. The number of benzene rings is 1. The fourth-order valence-electron chi connectivity index (χ4n) is 2.87. The van der Waals surface area contributed by atoms with Gasteiger partial charge in [-0.05, 0) is 50.3 Å². The third kappa shape index (κ3) is 4.37. The van der Waals surface area contributed by atoms with E-state index in [2.05, 4.69) is 5.32 Å². The second-order valence-corrected chi connectivity index (χ2v) is 6.74. The number of hydrogen-bond acceptors (Lipinski definition) is 2. The van der Waals surface area contributed by atoms with E-state index >= 15 is 0 Å². The summed E-state index contributed by atoms with van der Waals surface area (Å²) in [7, 11) is 0. The molecule has 120 valence electrons. The van der Waals surface area contributed by atoms with Gasteiger partial charge in [-0.1, -0.05) is 29.3 Å². The van der Waals surface area contributed by atoms with Gasteiger partial charge in [0.2, 0.25) is 5.91 Å². The Balaban J connectivity index is 1.88. The average molecular weight is 344 g/mol. The summed E-state index contributed by atoms with van der Waals surface area (Å²) in [6, 6.07) is 5.23. The minimum Gasteiger partial charge on any atom is -0.481 e. The van der Waals surface area contributed by atoms with Crippen molar-refractivity contribution in [3.63, 3.8) is 0 Å². The molecule has 2 N–H and O–H groups in total. The van der Waals surface area contributed by atoms with Gasteiger partial charge >= 0.3 is 5.97 Å². The van der Waals surface area contributed by atoms with Gasteiger partial charge < -0.3 is 10.4 Å². The van der Waals surface area contributed by atoms with E-state index in [4.69, 9.17) is 28.3 Å². The average Bonchev–Trinajstić information content (AvgIpc) is 2.92. The highest BCUT2D eigenvalue weighted by atomic mass is 35.5. The first-order valence-electron chi connectivity index (χ1n) is 7.34. The molecule has 2 rings (SSSR count). The molecule has 22 heavy (non-hydrogen) atoms. The number of carbonyl (C=O) groups excluding carboxylic acids is 1. The maximum atomic E-state index is 12.2. The quantitative estimate of drug-likeness (QED) is 0.859. The first kappa shape index (κ1) is 17.1. The van der Waals surface area contributed by atoms with Gasteiger partial charge in [0, 0.05) is 22.0 Å². The van der Waals surface area contributed by atoms with Crippen LogP contribution in [-0.4, -0.2) is 23.0 Å². The molecular weight excluding hydrogens is 325 g/mol. The Morgan fingerprint density at radius 3 is 2.59 bits per heavy atom. The number of aliphatic carboxylic acids is 1. The van der Waals surface area contributed by atoms with Crippen molar-refractivity contribution >= 4 is 35.1 Å². The minimum absolute atomic E-state index is 0.0682. The van der Waals surface area contributed by atoms with Gasteiger partial charge in [0.25, 0.3) is 0 Å². The van der Waals surface area contributed by atoms with E-state index < -0.39 is 11.9 Å². The smallest absolute Gasteiger partial charge is 0.306 e. The van der Waals surface area contributed by atoms with Crippen LogP contribution in [0.1, 0.15) is 31.7 Å². The molecule has 0 heterocycles. The molecule has 1 aliphatic rings. The van der Waals surface area contributed by atoms with Gasteiger partial charge in [0.1, 0.15) is 0 Å². The van der Waals surface area contributed by atoms with Crippen molar-refractivity contribution in [3.05, 3.63) is 33.8 Å². The predicted molar refractivity (Wildman–Crippen MR) is 86.2 cm³/mol. The van der Waals surface area contributed by atoms with Gasteiger partial charge in [-0.25, -0.2) is 0 Å². The summed E-state index contributed by atoms with van der Waals surface area (Å²) < 4.78 is 0. The molecule has 0 aliphatic heterocycles. The van der Waals surface area contributed by atoms with Crippen molar-refractivity contribution in [1.82, 2.24) is 5.32 Å². The van der Waals surface area contributed by atoms with Crippen LogP contribution < -0.4 is 5.32 Å². The molecule has 3 atom stereocenters. The van der Waals surface area contributed by atoms with Gasteiger partial charge in [0.05, 0.1) is 5.92 Å². The molecule has 1 aromatic carbocycles. The highest BCUT2D eigenvalue weighted by molar-refractivity contribution is 6.35. The van der Waals surface area contributed by atoms with Crippen molar-refractivity contribution in [1.29, 1.82) is 0 Å². The fraction of sp³-hybridized carbons (Fsp3) is 0.500. The molecule has 0 radical (unpaired) electrons.